The molecule has 5 nitrogen and oxygen atoms in total. The van der Waals surface area contributed by atoms with Crippen molar-refractivity contribution in [3.05, 3.63) is 58.0 Å². The first-order valence-corrected chi connectivity index (χ1v) is 9.52. The number of benzene rings is 1. The molecule has 0 N–H and O–H groups in total. The summed E-state index contributed by atoms with van der Waals surface area (Å²) in [7, 11) is 1.61. The Balaban J connectivity index is 2.19. The Morgan fingerprint density at radius 2 is 1.93 bits per heavy atom. The Morgan fingerprint density at radius 3 is 2.52 bits per heavy atom. The molecule has 0 fully saturated rings. The predicted molar refractivity (Wildman–Crippen MR) is 106 cm³/mol. The number of hydrogen-bond donors (Lipinski definition) is 0. The highest BCUT2D eigenvalue weighted by molar-refractivity contribution is 5.38. The van der Waals surface area contributed by atoms with Crippen LogP contribution in [0.3, 0.4) is 0 Å². The van der Waals surface area contributed by atoms with E-state index in [9.17, 15) is 10.1 Å². The van der Waals surface area contributed by atoms with Crippen molar-refractivity contribution in [3.63, 3.8) is 0 Å². The van der Waals surface area contributed by atoms with E-state index in [0.717, 1.165) is 37.1 Å². The average molecular weight is 368 g/mol. The molecule has 0 radical (unpaired) electrons. The van der Waals surface area contributed by atoms with E-state index in [1.54, 1.807) is 13.3 Å². The molecule has 0 bridgehead atoms. The standard InChI is InChI=1S/C22H28N2O3/c1-4-6-7-17(5-2)15-24-13-12-21(25)22(20(24)14-23)27-16-18-8-10-19(26-3)11-9-18/h8-13,17H,4-7,15-16H2,1-3H3. The van der Waals surface area contributed by atoms with E-state index in [1.165, 1.54) is 12.5 Å². The molecule has 0 aliphatic carbocycles. The molecule has 2 aromatic rings. The van der Waals surface area contributed by atoms with Gasteiger partial charge in [-0.3, -0.25) is 4.79 Å². The van der Waals surface area contributed by atoms with E-state index >= 15 is 0 Å². The zero-order chi connectivity index (χ0) is 19.6. The van der Waals surface area contributed by atoms with Crippen LogP contribution in [0.5, 0.6) is 11.5 Å². The highest BCUT2D eigenvalue weighted by Gasteiger charge is 2.15. The van der Waals surface area contributed by atoms with Gasteiger partial charge < -0.3 is 14.0 Å². The maximum Gasteiger partial charge on any atom is 0.224 e. The minimum atomic E-state index is -0.266. The molecule has 144 valence electrons. The van der Waals surface area contributed by atoms with Gasteiger partial charge in [-0.1, -0.05) is 45.2 Å². The van der Waals surface area contributed by atoms with Crippen molar-refractivity contribution < 1.29 is 9.47 Å². The van der Waals surface area contributed by atoms with Crippen LogP contribution in [0.25, 0.3) is 0 Å². The third-order valence-electron chi connectivity index (χ3n) is 4.78. The zero-order valence-corrected chi connectivity index (χ0v) is 16.4. The molecule has 0 amide bonds. The first kappa shape index (κ1) is 20.6. The topological polar surface area (TPSA) is 64.2 Å². The van der Waals surface area contributed by atoms with E-state index < -0.39 is 0 Å². The van der Waals surface area contributed by atoms with E-state index in [0.29, 0.717) is 11.6 Å². The summed E-state index contributed by atoms with van der Waals surface area (Å²) in [6.07, 6.45) is 6.18. The number of aromatic nitrogens is 1. The molecule has 0 spiro atoms. The smallest absolute Gasteiger partial charge is 0.224 e. The molecular formula is C22H28N2O3. The molecular weight excluding hydrogens is 340 g/mol. The summed E-state index contributed by atoms with van der Waals surface area (Å²) in [6.45, 7) is 5.29. The molecule has 0 aliphatic heterocycles. The molecule has 2 rings (SSSR count). The van der Waals surface area contributed by atoms with E-state index in [4.69, 9.17) is 9.47 Å². The molecule has 1 unspecified atom stereocenters. The van der Waals surface area contributed by atoms with Gasteiger partial charge in [0.2, 0.25) is 11.2 Å². The third kappa shape index (κ3) is 5.62. The first-order chi connectivity index (χ1) is 13.1. The highest BCUT2D eigenvalue weighted by Crippen LogP contribution is 2.20. The molecule has 0 saturated carbocycles. The molecule has 27 heavy (non-hydrogen) atoms. The molecule has 0 aliphatic rings. The minimum Gasteiger partial charge on any atom is -0.497 e. The van der Waals surface area contributed by atoms with Crippen LogP contribution < -0.4 is 14.9 Å². The summed E-state index contributed by atoms with van der Waals surface area (Å²) in [5.74, 6) is 1.37. The van der Waals surface area contributed by atoms with Crippen LogP contribution in [0.15, 0.2) is 41.3 Å². The van der Waals surface area contributed by atoms with Crippen molar-refractivity contribution >= 4 is 0 Å². The molecule has 1 heterocycles. The van der Waals surface area contributed by atoms with Crippen LogP contribution in [0.4, 0.5) is 0 Å². The lowest BCUT2D eigenvalue weighted by Crippen LogP contribution is -2.18. The first-order valence-electron chi connectivity index (χ1n) is 9.52. The summed E-state index contributed by atoms with van der Waals surface area (Å²) in [5.41, 5.74) is 0.938. The SMILES string of the molecule is CCCCC(CC)Cn1ccc(=O)c(OCc2ccc(OC)cc2)c1C#N. The van der Waals surface area contributed by atoms with Crippen LogP contribution >= 0.6 is 0 Å². The average Bonchev–Trinajstić information content (AvgIpc) is 2.71. The van der Waals surface area contributed by atoms with Gasteiger partial charge in [-0.2, -0.15) is 5.26 Å². The Kier molecular flexibility index (Phi) is 7.94. The second-order valence-electron chi connectivity index (χ2n) is 6.68. The van der Waals surface area contributed by atoms with Crippen molar-refractivity contribution in [2.24, 2.45) is 5.92 Å². The van der Waals surface area contributed by atoms with Gasteiger partial charge in [0.05, 0.1) is 7.11 Å². The Hall–Kier alpha value is -2.74. The Bertz CT molecular complexity index is 819. The number of pyridine rings is 1. The predicted octanol–water partition coefficient (Wildman–Crippen LogP) is 4.52. The normalized spacial score (nSPS) is 11.6. The van der Waals surface area contributed by atoms with Crippen molar-refractivity contribution in [2.45, 2.75) is 52.7 Å². The van der Waals surface area contributed by atoms with Crippen LogP contribution in [-0.2, 0) is 13.2 Å². The third-order valence-corrected chi connectivity index (χ3v) is 4.78. The Labute approximate surface area is 161 Å². The Morgan fingerprint density at radius 1 is 1.19 bits per heavy atom. The fraction of sp³-hybridized carbons (Fsp3) is 0.455. The number of nitriles is 1. The molecule has 5 heteroatoms. The van der Waals surface area contributed by atoms with Crippen molar-refractivity contribution in [1.29, 1.82) is 5.26 Å². The maximum absolute atomic E-state index is 12.3. The van der Waals surface area contributed by atoms with Crippen LogP contribution in [0.1, 0.15) is 50.8 Å². The van der Waals surface area contributed by atoms with Crippen LogP contribution in [0, 0.1) is 17.2 Å². The van der Waals surface area contributed by atoms with Crippen LogP contribution in [0.2, 0.25) is 0 Å². The fourth-order valence-corrected chi connectivity index (χ4v) is 3.03. The van der Waals surface area contributed by atoms with Gasteiger partial charge in [-0.25, -0.2) is 0 Å². The summed E-state index contributed by atoms with van der Waals surface area (Å²) < 4.78 is 12.8. The largest absolute Gasteiger partial charge is 0.497 e. The minimum absolute atomic E-state index is 0.126. The quantitative estimate of drug-likeness (QED) is 0.618. The highest BCUT2D eigenvalue weighted by atomic mass is 16.5. The number of nitrogens with zero attached hydrogens (tertiary/aromatic N) is 2. The van der Waals surface area contributed by atoms with Gasteiger partial charge in [-0.05, 0) is 30.0 Å². The van der Waals surface area contributed by atoms with Gasteiger partial charge in [0.25, 0.3) is 0 Å². The summed E-state index contributed by atoms with van der Waals surface area (Å²) in [6, 6.07) is 11.1. The van der Waals surface area contributed by atoms with E-state index in [1.807, 2.05) is 28.8 Å². The lowest BCUT2D eigenvalue weighted by molar-refractivity contribution is 0.295. The molecule has 0 saturated heterocycles. The zero-order valence-electron chi connectivity index (χ0n) is 16.4. The number of methoxy groups -OCH3 is 1. The lowest BCUT2D eigenvalue weighted by Gasteiger charge is -2.19. The van der Waals surface area contributed by atoms with Crippen molar-refractivity contribution in [3.8, 4) is 17.6 Å². The number of hydrogen-bond acceptors (Lipinski definition) is 4. The van der Waals surface area contributed by atoms with Gasteiger partial charge >= 0.3 is 0 Å². The second-order valence-corrected chi connectivity index (χ2v) is 6.68. The van der Waals surface area contributed by atoms with E-state index in [-0.39, 0.29) is 17.8 Å². The fourth-order valence-electron chi connectivity index (χ4n) is 3.03. The van der Waals surface area contributed by atoms with Gasteiger partial charge in [0.15, 0.2) is 5.69 Å². The number of ether oxygens (including phenoxy) is 2. The van der Waals surface area contributed by atoms with E-state index in [2.05, 4.69) is 19.9 Å². The molecule has 1 aromatic heterocycles. The summed E-state index contributed by atoms with van der Waals surface area (Å²) in [5, 5.41) is 9.64. The second kappa shape index (κ2) is 10.4. The molecule has 1 aromatic carbocycles. The number of unbranched alkanes of at least 4 members (excludes halogenated alkanes) is 1. The van der Waals surface area contributed by atoms with Crippen molar-refractivity contribution in [2.75, 3.05) is 7.11 Å². The molecule has 1 atom stereocenters. The van der Waals surface area contributed by atoms with Crippen molar-refractivity contribution in [1.82, 2.24) is 4.57 Å². The number of rotatable bonds is 10. The van der Waals surface area contributed by atoms with Gasteiger partial charge in [0.1, 0.15) is 18.4 Å². The van der Waals surface area contributed by atoms with Gasteiger partial charge in [-0.15, -0.1) is 0 Å². The summed E-state index contributed by atoms with van der Waals surface area (Å²) >= 11 is 0. The van der Waals surface area contributed by atoms with Crippen LogP contribution in [-0.4, -0.2) is 11.7 Å². The lowest BCUT2D eigenvalue weighted by atomic mass is 9.99. The summed E-state index contributed by atoms with van der Waals surface area (Å²) in [4.78, 5) is 12.3. The maximum atomic E-state index is 12.3. The monoisotopic (exact) mass is 368 g/mol. The van der Waals surface area contributed by atoms with Gasteiger partial charge in [0, 0.05) is 18.8 Å².